The predicted octanol–water partition coefficient (Wildman–Crippen LogP) is 3.49. The second kappa shape index (κ2) is 6.49. The van der Waals surface area contributed by atoms with Gasteiger partial charge in [-0.3, -0.25) is 9.69 Å². The van der Waals surface area contributed by atoms with Crippen LogP contribution in [0.3, 0.4) is 0 Å². The van der Waals surface area contributed by atoms with Crippen molar-refractivity contribution in [3.8, 4) is 0 Å². The zero-order valence-electron chi connectivity index (χ0n) is 12.2. The lowest BCUT2D eigenvalue weighted by atomic mass is 9.87. The molecule has 0 spiro atoms. The number of hydrogen-bond donors (Lipinski definition) is 1. The monoisotopic (exact) mass is 351 g/mol. The summed E-state index contributed by atoms with van der Waals surface area (Å²) in [4.78, 5) is 13.3. The molecule has 1 N–H and O–H groups in total. The highest BCUT2D eigenvalue weighted by Crippen LogP contribution is 2.31. The van der Waals surface area contributed by atoms with Gasteiger partial charge in [-0.1, -0.05) is 22.0 Å². The predicted molar refractivity (Wildman–Crippen MR) is 86.5 cm³/mol. The number of halogens is 1. The topological polar surface area (TPSA) is 40.5 Å². The number of hydrogen-bond acceptors (Lipinski definition) is 2. The Labute approximate surface area is 134 Å². The maximum absolute atomic E-state index is 10.7. The Morgan fingerprint density at radius 2 is 2.19 bits per heavy atom. The molecule has 2 aliphatic rings. The molecule has 1 aliphatic carbocycles. The van der Waals surface area contributed by atoms with Crippen molar-refractivity contribution < 1.29 is 9.90 Å². The van der Waals surface area contributed by atoms with E-state index in [0.29, 0.717) is 18.4 Å². The molecule has 1 aromatic rings. The van der Waals surface area contributed by atoms with E-state index in [1.165, 1.54) is 22.0 Å². The first kappa shape index (κ1) is 15.0. The number of aliphatic carboxylic acids is 1. The third kappa shape index (κ3) is 3.67. The van der Waals surface area contributed by atoms with Crippen molar-refractivity contribution >= 4 is 21.9 Å². The van der Waals surface area contributed by atoms with E-state index in [1.54, 1.807) is 0 Å². The smallest absolute Gasteiger partial charge is 0.303 e. The largest absolute Gasteiger partial charge is 0.481 e. The van der Waals surface area contributed by atoms with E-state index in [-0.39, 0.29) is 0 Å². The van der Waals surface area contributed by atoms with E-state index in [2.05, 4.69) is 39.0 Å². The Kier molecular flexibility index (Phi) is 4.65. The fourth-order valence-electron chi connectivity index (χ4n) is 3.77. The van der Waals surface area contributed by atoms with Crippen LogP contribution in [0.15, 0.2) is 22.7 Å². The lowest BCUT2D eigenvalue weighted by Gasteiger charge is -2.32. The average molecular weight is 352 g/mol. The van der Waals surface area contributed by atoms with Crippen molar-refractivity contribution in [2.45, 2.75) is 44.6 Å². The summed E-state index contributed by atoms with van der Waals surface area (Å²) in [5.74, 6) is -0.0852. The van der Waals surface area contributed by atoms with Gasteiger partial charge in [0, 0.05) is 23.5 Å². The van der Waals surface area contributed by atoms with Crippen LogP contribution in [-0.2, 0) is 17.6 Å². The summed E-state index contributed by atoms with van der Waals surface area (Å²) >= 11 is 3.55. The number of rotatable bonds is 4. The molecule has 1 heterocycles. The summed E-state index contributed by atoms with van der Waals surface area (Å²) < 4.78 is 1.18. The molecule has 1 aliphatic heterocycles. The average Bonchev–Trinajstić information content (AvgIpc) is 2.93. The molecular formula is C17H22BrNO2. The van der Waals surface area contributed by atoms with Crippen molar-refractivity contribution in [1.82, 2.24) is 4.90 Å². The number of benzene rings is 1. The third-order valence-electron chi connectivity index (χ3n) is 4.97. The number of carboxylic acids is 1. The quantitative estimate of drug-likeness (QED) is 0.902. The molecule has 1 aromatic carbocycles. The minimum absolute atomic E-state index is 0.319. The molecule has 0 saturated carbocycles. The van der Waals surface area contributed by atoms with Crippen LogP contribution in [0.25, 0.3) is 0 Å². The van der Waals surface area contributed by atoms with Crippen LogP contribution in [0, 0.1) is 5.92 Å². The molecule has 0 bridgehead atoms. The van der Waals surface area contributed by atoms with E-state index in [1.807, 2.05) is 0 Å². The maximum Gasteiger partial charge on any atom is 0.303 e. The van der Waals surface area contributed by atoms with Crippen LogP contribution in [0.4, 0.5) is 0 Å². The molecule has 1 saturated heterocycles. The number of carboxylic acid groups (broad SMARTS) is 1. The Balaban J connectivity index is 1.57. The first-order valence-electron chi connectivity index (χ1n) is 7.85. The minimum atomic E-state index is -0.661. The molecule has 0 radical (unpaired) electrons. The van der Waals surface area contributed by atoms with Gasteiger partial charge in [0.15, 0.2) is 0 Å². The molecular weight excluding hydrogens is 330 g/mol. The summed E-state index contributed by atoms with van der Waals surface area (Å²) in [7, 11) is 0. The normalized spacial score (nSPS) is 25.8. The van der Waals surface area contributed by atoms with E-state index in [9.17, 15) is 4.79 Å². The van der Waals surface area contributed by atoms with E-state index >= 15 is 0 Å². The van der Waals surface area contributed by atoms with Crippen LogP contribution in [0.2, 0.25) is 0 Å². The lowest BCUT2D eigenvalue weighted by Crippen LogP contribution is -2.37. The fourth-order valence-corrected chi connectivity index (χ4v) is 4.18. The zero-order valence-corrected chi connectivity index (χ0v) is 13.8. The van der Waals surface area contributed by atoms with Gasteiger partial charge in [0.2, 0.25) is 0 Å². The Hall–Kier alpha value is -0.870. The van der Waals surface area contributed by atoms with E-state index < -0.39 is 5.97 Å². The highest BCUT2D eigenvalue weighted by atomic mass is 79.9. The number of carbonyl (C=O) groups is 1. The number of aryl methyl sites for hydroxylation is 1. The van der Waals surface area contributed by atoms with Crippen molar-refractivity contribution in [2.75, 3.05) is 13.1 Å². The highest BCUT2D eigenvalue weighted by molar-refractivity contribution is 9.10. The molecule has 21 heavy (non-hydrogen) atoms. The lowest BCUT2D eigenvalue weighted by molar-refractivity contribution is -0.137. The highest BCUT2D eigenvalue weighted by Gasteiger charge is 2.30. The molecule has 2 atom stereocenters. The van der Waals surface area contributed by atoms with Gasteiger partial charge in [-0.05, 0) is 67.8 Å². The van der Waals surface area contributed by atoms with Crippen molar-refractivity contribution in [2.24, 2.45) is 5.92 Å². The molecule has 114 valence electrons. The van der Waals surface area contributed by atoms with Crippen LogP contribution in [0.5, 0.6) is 0 Å². The van der Waals surface area contributed by atoms with Gasteiger partial charge in [-0.15, -0.1) is 0 Å². The molecule has 1 fully saturated rings. The Bertz CT molecular complexity index is 532. The maximum atomic E-state index is 10.7. The molecule has 0 amide bonds. The van der Waals surface area contributed by atoms with E-state index in [4.69, 9.17) is 5.11 Å². The summed E-state index contributed by atoms with van der Waals surface area (Å²) in [5, 5.41) is 8.80. The summed E-state index contributed by atoms with van der Waals surface area (Å²) in [5.41, 5.74) is 2.98. The Morgan fingerprint density at radius 3 is 3.00 bits per heavy atom. The standard InChI is InChI=1S/C17H22BrNO2/c18-15-4-2-14-10-16(5-3-13(14)9-15)19-8-7-12(11-19)1-6-17(20)21/h2,4,9,12,16H,1,3,5-8,10-11H2,(H,20,21). The van der Waals surface area contributed by atoms with Gasteiger partial charge in [0.25, 0.3) is 0 Å². The molecule has 4 heteroatoms. The first-order valence-corrected chi connectivity index (χ1v) is 8.64. The van der Waals surface area contributed by atoms with Crippen LogP contribution in [0.1, 0.15) is 36.8 Å². The Morgan fingerprint density at radius 1 is 1.33 bits per heavy atom. The second-order valence-electron chi connectivity index (χ2n) is 6.39. The van der Waals surface area contributed by atoms with Gasteiger partial charge in [0.05, 0.1) is 0 Å². The molecule has 2 unspecified atom stereocenters. The summed E-state index contributed by atoms with van der Waals surface area (Å²) in [6.45, 7) is 2.23. The zero-order chi connectivity index (χ0) is 14.8. The van der Waals surface area contributed by atoms with Gasteiger partial charge < -0.3 is 5.11 Å². The SMILES string of the molecule is O=C(O)CCC1CCN(C2CCc3cc(Br)ccc3C2)C1. The number of likely N-dealkylation sites (tertiary alicyclic amines) is 1. The van der Waals surface area contributed by atoms with Gasteiger partial charge in [-0.2, -0.15) is 0 Å². The number of fused-ring (bicyclic) bond motifs is 1. The van der Waals surface area contributed by atoms with Crippen LogP contribution in [-0.4, -0.2) is 35.1 Å². The molecule has 0 aromatic heterocycles. The third-order valence-corrected chi connectivity index (χ3v) is 5.46. The van der Waals surface area contributed by atoms with Crippen molar-refractivity contribution in [1.29, 1.82) is 0 Å². The summed E-state index contributed by atoms with van der Waals surface area (Å²) in [6.07, 6.45) is 5.86. The number of nitrogens with zero attached hydrogens (tertiary/aromatic N) is 1. The van der Waals surface area contributed by atoms with Gasteiger partial charge >= 0.3 is 5.97 Å². The first-order chi connectivity index (χ1) is 10.1. The molecule has 3 rings (SSSR count). The summed E-state index contributed by atoms with van der Waals surface area (Å²) in [6, 6.07) is 7.30. The van der Waals surface area contributed by atoms with E-state index in [0.717, 1.165) is 38.8 Å². The van der Waals surface area contributed by atoms with Gasteiger partial charge in [0.1, 0.15) is 0 Å². The van der Waals surface area contributed by atoms with Crippen LogP contribution < -0.4 is 0 Å². The van der Waals surface area contributed by atoms with Crippen molar-refractivity contribution in [3.05, 3.63) is 33.8 Å². The fraction of sp³-hybridized carbons (Fsp3) is 0.588. The molecule has 3 nitrogen and oxygen atoms in total. The van der Waals surface area contributed by atoms with Crippen molar-refractivity contribution in [3.63, 3.8) is 0 Å². The minimum Gasteiger partial charge on any atom is -0.481 e. The second-order valence-corrected chi connectivity index (χ2v) is 7.31. The van der Waals surface area contributed by atoms with Crippen LogP contribution >= 0.6 is 15.9 Å². The van der Waals surface area contributed by atoms with Gasteiger partial charge in [-0.25, -0.2) is 0 Å².